The number of hydrogen-bond donors (Lipinski definition) is 1. The molecule has 0 aromatic heterocycles. The van der Waals surface area contributed by atoms with Crippen LogP contribution in [-0.2, 0) is 19.1 Å². The van der Waals surface area contributed by atoms with Crippen molar-refractivity contribution in [2.75, 3.05) is 11.9 Å². The highest BCUT2D eigenvalue weighted by molar-refractivity contribution is 9.11. The van der Waals surface area contributed by atoms with Crippen LogP contribution in [0.1, 0.15) is 61.1 Å². The molecule has 192 valence electrons. The lowest BCUT2D eigenvalue weighted by Crippen LogP contribution is -2.30. The molecule has 0 spiro atoms. The summed E-state index contributed by atoms with van der Waals surface area (Å²) in [5.74, 6) is 1.20. The van der Waals surface area contributed by atoms with E-state index in [9.17, 15) is 14.4 Å². The van der Waals surface area contributed by atoms with Crippen molar-refractivity contribution in [1.29, 1.82) is 0 Å². The average molecular weight is 629 g/mol. The van der Waals surface area contributed by atoms with E-state index in [-0.39, 0.29) is 24.1 Å². The van der Waals surface area contributed by atoms with Crippen LogP contribution in [0.5, 0.6) is 5.75 Å². The normalized spacial score (nSPS) is 17.8. The molecule has 1 N–H and O–H groups in total. The summed E-state index contributed by atoms with van der Waals surface area (Å²) in [6.07, 6.45) is 3.81. The Morgan fingerprint density at radius 2 is 1.54 bits per heavy atom. The van der Waals surface area contributed by atoms with Crippen molar-refractivity contribution in [2.24, 2.45) is 0 Å². The molecule has 0 fully saturated rings. The lowest BCUT2D eigenvalue weighted by molar-refractivity contribution is -0.119. The molecule has 5 rings (SSSR count). The Bertz CT molecular complexity index is 1330. The number of nitrogens with one attached hydrogen (secondary N) is 1. The lowest BCUT2D eigenvalue weighted by Gasteiger charge is -2.36. The largest absolute Gasteiger partial charge is 0.481 e. The number of benzene rings is 2. The number of aryl methyl sites for hydroxylation is 2. The monoisotopic (exact) mass is 627 g/mol. The number of allylic oxidation sites excluding steroid dienone is 4. The van der Waals surface area contributed by atoms with Gasteiger partial charge in [0, 0.05) is 48.4 Å². The maximum atomic E-state index is 13.0. The molecule has 1 heterocycles. The predicted molar refractivity (Wildman–Crippen MR) is 147 cm³/mol. The van der Waals surface area contributed by atoms with Gasteiger partial charge >= 0.3 is 0 Å². The topological polar surface area (TPSA) is 81.7 Å². The Balaban J connectivity index is 1.41. The van der Waals surface area contributed by atoms with Crippen molar-refractivity contribution < 1.29 is 23.9 Å². The molecule has 8 heteroatoms. The third kappa shape index (κ3) is 5.18. The fourth-order valence-corrected chi connectivity index (χ4v) is 6.76. The standard InChI is InChI=1S/C29H27Br2NO5/c1-15-9-10-20(16(2)11-15)32-25(35)14-36-29-18(30)12-17(13-19(29)31)26-27-21(33)5-3-7-23(27)37-24-8-4-6-22(34)28(24)26/h9-13,26H,3-8,14H2,1-2H3,(H,32,35). The van der Waals surface area contributed by atoms with Gasteiger partial charge in [0.25, 0.3) is 5.91 Å². The number of halogens is 2. The van der Waals surface area contributed by atoms with Crippen LogP contribution in [0, 0.1) is 13.8 Å². The molecular weight excluding hydrogens is 602 g/mol. The fourth-order valence-electron chi connectivity index (χ4n) is 5.31. The van der Waals surface area contributed by atoms with Crippen LogP contribution in [0.3, 0.4) is 0 Å². The first-order valence-corrected chi connectivity index (χ1v) is 14.0. The number of Topliss-reactive ketones (excluding diaryl/α,β-unsaturated/α-hetero) is 2. The van der Waals surface area contributed by atoms with Crippen molar-refractivity contribution in [1.82, 2.24) is 0 Å². The molecule has 0 saturated heterocycles. The van der Waals surface area contributed by atoms with Crippen molar-refractivity contribution >= 4 is 55.0 Å². The molecule has 0 unspecified atom stereocenters. The SMILES string of the molecule is Cc1ccc(NC(=O)COc2c(Br)cc(C3C4=C(CCCC4=O)OC4=C3C(=O)CCC4)cc2Br)c(C)c1. The van der Waals surface area contributed by atoms with Gasteiger partial charge in [-0.05, 0) is 87.9 Å². The second-order valence-corrected chi connectivity index (χ2v) is 11.4. The molecule has 2 aliphatic carbocycles. The quantitative estimate of drug-likeness (QED) is 0.387. The molecule has 6 nitrogen and oxygen atoms in total. The molecule has 2 aromatic carbocycles. The number of hydrogen-bond acceptors (Lipinski definition) is 5. The predicted octanol–water partition coefficient (Wildman–Crippen LogP) is 6.97. The first kappa shape index (κ1) is 25.9. The zero-order chi connectivity index (χ0) is 26.3. The van der Waals surface area contributed by atoms with Crippen molar-refractivity contribution in [3.63, 3.8) is 0 Å². The molecule has 3 aliphatic rings. The third-order valence-electron chi connectivity index (χ3n) is 7.00. The molecule has 0 radical (unpaired) electrons. The van der Waals surface area contributed by atoms with Crippen LogP contribution in [-0.4, -0.2) is 24.1 Å². The Kier molecular flexibility index (Phi) is 7.41. The van der Waals surface area contributed by atoms with E-state index >= 15 is 0 Å². The van der Waals surface area contributed by atoms with Gasteiger partial charge in [0.1, 0.15) is 17.3 Å². The van der Waals surface area contributed by atoms with Gasteiger partial charge < -0.3 is 14.8 Å². The van der Waals surface area contributed by atoms with Crippen LogP contribution in [0.4, 0.5) is 5.69 Å². The second kappa shape index (κ2) is 10.6. The number of anilines is 1. The summed E-state index contributed by atoms with van der Waals surface area (Å²) in [5, 5.41) is 2.89. The second-order valence-electron chi connectivity index (χ2n) is 9.73. The Labute approximate surface area is 232 Å². The van der Waals surface area contributed by atoms with Gasteiger partial charge in [0.05, 0.1) is 8.95 Å². The van der Waals surface area contributed by atoms with Crippen LogP contribution in [0.2, 0.25) is 0 Å². The zero-order valence-electron chi connectivity index (χ0n) is 20.7. The van der Waals surface area contributed by atoms with E-state index in [0.29, 0.717) is 63.0 Å². The number of ketones is 2. The molecule has 2 aromatic rings. The van der Waals surface area contributed by atoms with Crippen LogP contribution >= 0.6 is 31.9 Å². The van der Waals surface area contributed by atoms with Crippen molar-refractivity contribution in [3.05, 3.63) is 78.6 Å². The molecule has 0 saturated carbocycles. The van der Waals surface area contributed by atoms with Gasteiger partial charge in [-0.15, -0.1) is 0 Å². The van der Waals surface area contributed by atoms with Gasteiger partial charge in [-0.2, -0.15) is 0 Å². The minimum atomic E-state index is -0.464. The minimum absolute atomic E-state index is 0.0341. The summed E-state index contributed by atoms with van der Waals surface area (Å²) in [6, 6.07) is 9.58. The number of carbonyl (C=O) groups is 3. The van der Waals surface area contributed by atoms with Gasteiger partial charge in [0.15, 0.2) is 18.2 Å². The highest BCUT2D eigenvalue weighted by Crippen LogP contribution is 2.49. The molecule has 0 atom stereocenters. The summed E-state index contributed by atoms with van der Waals surface area (Å²) in [5.41, 5.74) is 4.85. The van der Waals surface area contributed by atoms with Crippen LogP contribution < -0.4 is 10.1 Å². The first-order chi connectivity index (χ1) is 17.7. The van der Waals surface area contributed by atoms with E-state index in [4.69, 9.17) is 9.47 Å². The Hall–Kier alpha value is -2.71. The van der Waals surface area contributed by atoms with Crippen molar-refractivity contribution in [2.45, 2.75) is 58.3 Å². The van der Waals surface area contributed by atoms with Crippen molar-refractivity contribution in [3.8, 4) is 5.75 Å². The van der Waals surface area contributed by atoms with Gasteiger partial charge in [-0.1, -0.05) is 17.7 Å². The van der Waals surface area contributed by atoms with E-state index in [1.54, 1.807) is 0 Å². The van der Waals surface area contributed by atoms with Gasteiger partial charge in [-0.3, -0.25) is 14.4 Å². The number of rotatable bonds is 5. The zero-order valence-corrected chi connectivity index (χ0v) is 23.9. The summed E-state index contributed by atoms with van der Waals surface area (Å²) in [7, 11) is 0. The fraction of sp³-hybridized carbons (Fsp3) is 0.345. The minimum Gasteiger partial charge on any atom is -0.481 e. The van der Waals surface area contributed by atoms with Crippen LogP contribution in [0.25, 0.3) is 0 Å². The van der Waals surface area contributed by atoms with E-state index in [1.807, 2.05) is 44.2 Å². The molecule has 37 heavy (non-hydrogen) atoms. The summed E-state index contributed by atoms with van der Waals surface area (Å²) >= 11 is 7.18. The molecule has 1 aliphatic heterocycles. The number of carbonyl (C=O) groups excluding carboxylic acids is 3. The summed E-state index contributed by atoms with van der Waals surface area (Å²) in [4.78, 5) is 38.7. The molecule has 1 amide bonds. The maximum Gasteiger partial charge on any atom is 0.262 e. The third-order valence-corrected chi connectivity index (χ3v) is 8.18. The Morgan fingerprint density at radius 3 is 2.11 bits per heavy atom. The molecular formula is C29H27Br2NO5. The molecule has 0 bridgehead atoms. The lowest BCUT2D eigenvalue weighted by atomic mass is 9.73. The van der Waals surface area contributed by atoms with E-state index in [2.05, 4.69) is 37.2 Å². The van der Waals surface area contributed by atoms with E-state index in [0.717, 1.165) is 35.2 Å². The van der Waals surface area contributed by atoms with Crippen LogP contribution in [0.15, 0.2) is 61.9 Å². The first-order valence-electron chi connectivity index (χ1n) is 12.4. The Morgan fingerprint density at radius 1 is 0.946 bits per heavy atom. The maximum absolute atomic E-state index is 13.0. The van der Waals surface area contributed by atoms with Gasteiger partial charge in [-0.25, -0.2) is 0 Å². The summed E-state index contributed by atoms with van der Waals surface area (Å²) in [6.45, 7) is 3.77. The average Bonchev–Trinajstić information content (AvgIpc) is 2.84. The van der Waals surface area contributed by atoms with E-state index < -0.39 is 5.92 Å². The summed E-state index contributed by atoms with van der Waals surface area (Å²) < 4.78 is 13.2. The number of amides is 1. The van der Waals surface area contributed by atoms with E-state index in [1.165, 1.54) is 0 Å². The number of ether oxygens (including phenoxy) is 2. The highest BCUT2D eigenvalue weighted by Gasteiger charge is 2.42. The van der Waals surface area contributed by atoms with Gasteiger partial charge in [0.2, 0.25) is 0 Å². The highest BCUT2D eigenvalue weighted by atomic mass is 79.9. The smallest absolute Gasteiger partial charge is 0.262 e.